The predicted octanol–water partition coefficient (Wildman–Crippen LogP) is 3.07. The number of nitrogens with zero attached hydrogens (tertiary/aromatic N) is 1. The molecular formula is C13H15FN2O. The summed E-state index contributed by atoms with van der Waals surface area (Å²) in [5.41, 5.74) is 0.504. The molecule has 4 heteroatoms. The number of amides is 1. The van der Waals surface area contributed by atoms with E-state index in [1.54, 1.807) is 0 Å². The topological polar surface area (TPSA) is 52.9 Å². The second kappa shape index (κ2) is 6.00. The zero-order valence-electron chi connectivity index (χ0n) is 9.96. The van der Waals surface area contributed by atoms with Gasteiger partial charge < -0.3 is 5.32 Å². The van der Waals surface area contributed by atoms with Crippen LogP contribution in [0.2, 0.25) is 0 Å². The Kier molecular flexibility index (Phi) is 4.65. The van der Waals surface area contributed by atoms with E-state index in [2.05, 4.69) is 5.32 Å². The van der Waals surface area contributed by atoms with Crippen molar-refractivity contribution in [2.24, 2.45) is 5.92 Å². The Bertz CT molecular complexity index is 451. The third-order valence-corrected chi connectivity index (χ3v) is 2.61. The lowest BCUT2D eigenvalue weighted by Crippen LogP contribution is -2.15. The van der Waals surface area contributed by atoms with E-state index in [1.165, 1.54) is 12.1 Å². The highest BCUT2D eigenvalue weighted by Gasteiger charge is 2.10. The Morgan fingerprint density at radius 1 is 1.59 bits per heavy atom. The number of carbonyl (C=O) groups is 1. The fraction of sp³-hybridized carbons (Fsp3) is 0.385. The molecule has 0 saturated carbocycles. The summed E-state index contributed by atoms with van der Waals surface area (Å²) in [6.45, 7) is 3.99. The molecule has 90 valence electrons. The monoisotopic (exact) mass is 234 g/mol. The van der Waals surface area contributed by atoms with Gasteiger partial charge in [0.2, 0.25) is 5.91 Å². The standard InChI is InChI=1S/C13H15FN2O/c1-3-9(2)6-13(17)16-12-5-4-11(14)7-10(12)8-15/h4-5,7,9H,3,6H2,1-2H3,(H,16,17). The quantitative estimate of drug-likeness (QED) is 0.870. The molecule has 0 saturated heterocycles. The van der Waals surface area contributed by atoms with Crippen LogP contribution in [0.3, 0.4) is 0 Å². The molecule has 1 rings (SSSR count). The van der Waals surface area contributed by atoms with E-state index in [0.717, 1.165) is 12.5 Å². The smallest absolute Gasteiger partial charge is 0.224 e. The van der Waals surface area contributed by atoms with Gasteiger partial charge in [-0.1, -0.05) is 20.3 Å². The average molecular weight is 234 g/mol. The first-order valence-electron chi connectivity index (χ1n) is 5.56. The highest BCUT2D eigenvalue weighted by atomic mass is 19.1. The van der Waals surface area contributed by atoms with Gasteiger partial charge in [0.05, 0.1) is 11.3 Å². The number of rotatable bonds is 4. The number of benzene rings is 1. The van der Waals surface area contributed by atoms with Gasteiger partial charge in [0.1, 0.15) is 11.9 Å². The largest absolute Gasteiger partial charge is 0.325 e. The van der Waals surface area contributed by atoms with Crippen molar-refractivity contribution in [3.8, 4) is 6.07 Å². The molecule has 0 fully saturated rings. The van der Waals surface area contributed by atoms with Gasteiger partial charge in [-0.05, 0) is 24.1 Å². The third-order valence-electron chi connectivity index (χ3n) is 2.61. The van der Waals surface area contributed by atoms with Crippen molar-refractivity contribution in [3.63, 3.8) is 0 Å². The second-order valence-electron chi connectivity index (χ2n) is 4.07. The van der Waals surface area contributed by atoms with Gasteiger partial charge in [-0.25, -0.2) is 4.39 Å². The number of hydrogen-bond donors (Lipinski definition) is 1. The molecule has 0 radical (unpaired) electrons. The highest BCUT2D eigenvalue weighted by molar-refractivity contribution is 5.92. The summed E-state index contributed by atoms with van der Waals surface area (Å²) in [6, 6.07) is 5.59. The minimum atomic E-state index is -0.485. The van der Waals surface area contributed by atoms with Crippen molar-refractivity contribution in [2.75, 3.05) is 5.32 Å². The molecule has 0 heterocycles. The molecular weight excluding hydrogens is 219 g/mol. The lowest BCUT2D eigenvalue weighted by Gasteiger charge is -2.10. The van der Waals surface area contributed by atoms with Crippen LogP contribution in [0.4, 0.5) is 10.1 Å². The molecule has 0 aliphatic carbocycles. The Hall–Kier alpha value is -1.89. The predicted molar refractivity (Wildman–Crippen MR) is 63.8 cm³/mol. The highest BCUT2D eigenvalue weighted by Crippen LogP contribution is 2.17. The lowest BCUT2D eigenvalue weighted by atomic mass is 10.0. The fourth-order valence-corrected chi connectivity index (χ4v) is 1.38. The maximum atomic E-state index is 12.9. The molecule has 0 spiro atoms. The lowest BCUT2D eigenvalue weighted by molar-refractivity contribution is -0.117. The van der Waals surface area contributed by atoms with E-state index < -0.39 is 5.82 Å². The summed E-state index contributed by atoms with van der Waals surface area (Å²) >= 11 is 0. The molecule has 3 nitrogen and oxygen atoms in total. The SMILES string of the molecule is CCC(C)CC(=O)Nc1ccc(F)cc1C#N. The first kappa shape index (κ1) is 13.2. The maximum Gasteiger partial charge on any atom is 0.224 e. The van der Waals surface area contributed by atoms with Gasteiger partial charge in [-0.15, -0.1) is 0 Å². The Labute approximate surface area is 100 Å². The van der Waals surface area contributed by atoms with E-state index in [4.69, 9.17) is 5.26 Å². The molecule has 1 aromatic carbocycles. The van der Waals surface area contributed by atoms with Gasteiger partial charge in [0, 0.05) is 6.42 Å². The van der Waals surface area contributed by atoms with Crippen LogP contribution < -0.4 is 5.32 Å². The van der Waals surface area contributed by atoms with E-state index >= 15 is 0 Å². The van der Waals surface area contributed by atoms with Crippen molar-refractivity contribution in [3.05, 3.63) is 29.6 Å². The second-order valence-corrected chi connectivity index (χ2v) is 4.07. The zero-order valence-corrected chi connectivity index (χ0v) is 9.96. The summed E-state index contributed by atoms with van der Waals surface area (Å²) in [5.74, 6) is -0.343. The molecule has 1 N–H and O–H groups in total. The Morgan fingerprint density at radius 3 is 2.88 bits per heavy atom. The van der Waals surface area contributed by atoms with Crippen molar-refractivity contribution in [1.29, 1.82) is 5.26 Å². The van der Waals surface area contributed by atoms with Gasteiger partial charge >= 0.3 is 0 Å². The number of nitriles is 1. The molecule has 0 aliphatic rings. The van der Waals surface area contributed by atoms with Crippen molar-refractivity contribution in [1.82, 2.24) is 0 Å². The maximum absolute atomic E-state index is 12.9. The minimum absolute atomic E-state index is 0.141. The Morgan fingerprint density at radius 2 is 2.29 bits per heavy atom. The molecule has 0 bridgehead atoms. The average Bonchev–Trinajstić information content (AvgIpc) is 2.31. The van der Waals surface area contributed by atoms with Crippen LogP contribution in [0, 0.1) is 23.1 Å². The first-order valence-corrected chi connectivity index (χ1v) is 5.56. The van der Waals surface area contributed by atoms with Crippen molar-refractivity contribution in [2.45, 2.75) is 26.7 Å². The molecule has 0 aliphatic heterocycles. The molecule has 1 aromatic rings. The first-order chi connectivity index (χ1) is 8.06. The van der Waals surface area contributed by atoms with Crippen molar-refractivity contribution >= 4 is 11.6 Å². The molecule has 17 heavy (non-hydrogen) atoms. The van der Waals surface area contributed by atoms with Crippen LogP contribution in [-0.4, -0.2) is 5.91 Å². The number of nitrogens with one attached hydrogen (secondary N) is 1. The summed E-state index contributed by atoms with van der Waals surface area (Å²) in [7, 11) is 0. The minimum Gasteiger partial charge on any atom is -0.325 e. The summed E-state index contributed by atoms with van der Waals surface area (Å²) in [4.78, 5) is 11.6. The number of anilines is 1. The number of carbonyl (C=O) groups excluding carboxylic acids is 1. The van der Waals surface area contributed by atoms with Crippen LogP contribution in [0.1, 0.15) is 32.3 Å². The van der Waals surface area contributed by atoms with Gasteiger partial charge in [0.15, 0.2) is 0 Å². The number of hydrogen-bond acceptors (Lipinski definition) is 2. The van der Waals surface area contributed by atoms with E-state index in [1.807, 2.05) is 19.9 Å². The molecule has 1 unspecified atom stereocenters. The van der Waals surface area contributed by atoms with Gasteiger partial charge in [-0.3, -0.25) is 4.79 Å². The fourth-order valence-electron chi connectivity index (χ4n) is 1.38. The summed E-state index contributed by atoms with van der Waals surface area (Å²) in [5, 5.41) is 11.4. The van der Waals surface area contributed by atoms with Crippen LogP contribution in [0.5, 0.6) is 0 Å². The number of halogens is 1. The zero-order chi connectivity index (χ0) is 12.8. The molecule has 0 aromatic heterocycles. The normalized spacial score (nSPS) is 11.6. The summed E-state index contributed by atoms with van der Waals surface area (Å²) < 4.78 is 12.9. The van der Waals surface area contributed by atoms with E-state index in [0.29, 0.717) is 18.0 Å². The van der Waals surface area contributed by atoms with Crippen LogP contribution in [0.25, 0.3) is 0 Å². The molecule has 1 amide bonds. The van der Waals surface area contributed by atoms with Crippen molar-refractivity contribution < 1.29 is 9.18 Å². The Balaban J connectivity index is 2.75. The van der Waals surface area contributed by atoms with Crippen LogP contribution >= 0.6 is 0 Å². The van der Waals surface area contributed by atoms with Gasteiger partial charge in [-0.2, -0.15) is 5.26 Å². The molecule has 1 atom stereocenters. The van der Waals surface area contributed by atoms with E-state index in [9.17, 15) is 9.18 Å². The summed E-state index contributed by atoms with van der Waals surface area (Å²) in [6.07, 6.45) is 1.32. The van der Waals surface area contributed by atoms with Crippen LogP contribution in [-0.2, 0) is 4.79 Å². The van der Waals surface area contributed by atoms with Gasteiger partial charge in [0.25, 0.3) is 0 Å². The third kappa shape index (κ3) is 3.87. The van der Waals surface area contributed by atoms with E-state index in [-0.39, 0.29) is 11.5 Å². The van der Waals surface area contributed by atoms with Crippen LogP contribution in [0.15, 0.2) is 18.2 Å².